The monoisotopic (exact) mass is 295 g/mol. The molecule has 1 aromatic heterocycles. The van der Waals surface area contributed by atoms with Gasteiger partial charge in [0, 0.05) is 30.6 Å². The molecule has 1 aromatic rings. The third-order valence-electron chi connectivity index (χ3n) is 4.37. The van der Waals surface area contributed by atoms with Crippen molar-refractivity contribution < 1.29 is 4.79 Å². The van der Waals surface area contributed by atoms with Gasteiger partial charge in [0.25, 0.3) is 0 Å². The lowest BCUT2D eigenvalue weighted by Crippen LogP contribution is -2.46. The molecule has 0 bridgehead atoms. The maximum absolute atomic E-state index is 12.6. The van der Waals surface area contributed by atoms with Crippen molar-refractivity contribution in [2.24, 2.45) is 11.1 Å². The maximum atomic E-state index is 12.6. The van der Waals surface area contributed by atoms with Gasteiger partial charge in [-0.05, 0) is 12.8 Å². The summed E-state index contributed by atoms with van der Waals surface area (Å²) in [7, 11) is 0. The molecule has 20 heavy (non-hydrogen) atoms. The Labute approximate surface area is 125 Å². The Morgan fingerprint density at radius 1 is 1.45 bits per heavy atom. The Bertz CT molecular complexity index is 411. The van der Waals surface area contributed by atoms with Gasteiger partial charge in [0.05, 0.1) is 10.4 Å². The van der Waals surface area contributed by atoms with Gasteiger partial charge in [-0.2, -0.15) is 0 Å². The predicted molar refractivity (Wildman–Crippen MR) is 82.7 cm³/mol. The molecule has 0 saturated heterocycles. The van der Waals surface area contributed by atoms with E-state index in [4.69, 9.17) is 5.73 Å². The van der Waals surface area contributed by atoms with Crippen LogP contribution in [-0.4, -0.2) is 24.0 Å². The zero-order valence-electron chi connectivity index (χ0n) is 12.2. The Hall–Kier alpha value is -0.940. The third kappa shape index (κ3) is 3.58. The lowest BCUT2D eigenvalue weighted by atomic mass is 9.79. The molecule has 1 unspecified atom stereocenters. The van der Waals surface area contributed by atoms with Crippen molar-refractivity contribution in [3.8, 4) is 0 Å². The summed E-state index contributed by atoms with van der Waals surface area (Å²) in [5.74, 6) is 0.407. The van der Waals surface area contributed by atoms with Crippen molar-refractivity contribution in [2.45, 2.75) is 51.4 Å². The Morgan fingerprint density at radius 2 is 2.15 bits per heavy atom. The van der Waals surface area contributed by atoms with Crippen LogP contribution >= 0.6 is 11.3 Å². The first kappa shape index (κ1) is 15.4. The van der Waals surface area contributed by atoms with E-state index in [1.165, 1.54) is 12.8 Å². The maximum Gasteiger partial charge on any atom is 0.227 e. The van der Waals surface area contributed by atoms with E-state index in [0.29, 0.717) is 13.1 Å². The molecule has 4 nitrogen and oxygen atoms in total. The number of hydrogen-bond donors (Lipinski definition) is 2. The van der Waals surface area contributed by atoms with Crippen molar-refractivity contribution in [3.05, 3.63) is 16.6 Å². The van der Waals surface area contributed by atoms with E-state index in [-0.39, 0.29) is 17.2 Å². The number of nitrogens with two attached hydrogens (primary N) is 1. The summed E-state index contributed by atoms with van der Waals surface area (Å²) in [4.78, 5) is 16.9. The highest BCUT2D eigenvalue weighted by Gasteiger charge is 2.37. The molecule has 5 heteroatoms. The number of rotatable bonds is 5. The van der Waals surface area contributed by atoms with Gasteiger partial charge in [0.15, 0.2) is 0 Å². The van der Waals surface area contributed by atoms with Gasteiger partial charge in [-0.25, -0.2) is 4.98 Å². The van der Waals surface area contributed by atoms with Gasteiger partial charge in [-0.1, -0.05) is 32.6 Å². The van der Waals surface area contributed by atoms with Crippen LogP contribution in [0.2, 0.25) is 0 Å². The van der Waals surface area contributed by atoms with Gasteiger partial charge in [0.1, 0.15) is 0 Å². The fourth-order valence-electron chi connectivity index (χ4n) is 2.93. The first-order valence-electron chi connectivity index (χ1n) is 7.56. The van der Waals surface area contributed by atoms with E-state index in [2.05, 4.69) is 17.2 Å². The first-order chi connectivity index (χ1) is 9.68. The summed E-state index contributed by atoms with van der Waals surface area (Å²) in [5, 5.41) is 6.16. The van der Waals surface area contributed by atoms with Gasteiger partial charge in [-0.3, -0.25) is 4.79 Å². The SMILES string of the molecule is CC(CNC(=O)C1(CN)CCCCCC1)c1nccs1. The molecular formula is C15H25N3OS. The number of thiazole rings is 1. The molecule has 1 amide bonds. The van der Waals surface area contributed by atoms with Gasteiger partial charge >= 0.3 is 0 Å². The summed E-state index contributed by atoms with van der Waals surface area (Å²) in [6.45, 7) is 3.21. The molecule has 0 radical (unpaired) electrons. The van der Waals surface area contributed by atoms with E-state index < -0.39 is 0 Å². The minimum absolute atomic E-state index is 0.144. The lowest BCUT2D eigenvalue weighted by Gasteiger charge is -2.30. The molecule has 1 saturated carbocycles. The Kier molecular flexibility index (Phi) is 5.54. The lowest BCUT2D eigenvalue weighted by molar-refractivity contribution is -0.131. The summed E-state index contributed by atoms with van der Waals surface area (Å²) in [5.41, 5.74) is 5.60. The van der Waals surface area contributed by atoms with E-state index in [9.17, 15) is 4.79 Å². The highest BCUT2D eigenvalue weighted by molar-refractivity contribution is 7.09. The second kappa shape index (κ2) is 7.18. The van der Waals surface area contributed by atoms with Crippen LogP contribution in [0.15, 0.2) is 11.6 Å². The number of amides is 1. The molecule has 3 N–H and O–H groups in total. The number of carbonyl (C=O) groups is 1. The van der Waals surface area contributed by atoms with Crippen LogP contribution in [0.25, 0.3) is 0 Å². The summed E-state index contributed by atoms with van der Waals surface area (Å²) < 4.78 is 0. The Morgan fingerprint density at radius 3 is 2.70 bits per heavy atom. The van der Waals surface area contributed by atoms with Gasteiger partial charge in [0.2, 0.25) is 5.91 Å². The van der Waals surface area contributed by atoms with Crippen LogP contribution < -0.4 is 11.1 Å². The van der Waals surface area contributed by atoms with Crippen LogP contribution in [0.5, 0.6) is 0 Å². The quantitative estimate of drug-likeness (QED) is 0.821. The molecule has 2 rings (SSSR count). The van der Waals surface area contributed by atoms with Crippen molar-refractivity contribution in [1.82, 2.24) is 10.3 Å². The van der Waals surface area contributed by atoms with E-state index in [0.717, 1.165) is 30.7 Å². The number of carbonyl (C=O) groups excluding carboxylic acids is 1. The average molecular weight is 295 g/mol. The molecular weight excluding hydrogens is 270 g/mol. The van der Waals surface area contributed by atoms with Crippen molar-refractivity contribution in [3.63, 3.8) is 0 Å². The smallest absolute Gasteiger partial charge is 0.227 e. The highest BCUT2D eigenvalue weighted by atomic mass is 32.1. The molecule has 1 atom stereocenters. The van der Waals surface area contributed by atoms with Gasteiger partial charge < -0.3 is 11.1 Å². The fourth-order valence-corrected chi connectivity index (χ4v) is 3.63. The van der Waals surface area contributed by atoms with E-state index >= 15 is 0 Å². The predicted octanol–water partition coefficient (Wildman–Crippen LogP) is 2.66. The van der Waals surface area contributed by atoms with E-state index in [1.54, 1.807) is 11.3 Å². The zero-order chi connectivity index (χ0) is 14.4. The number of nitrogens with zero attached hydrogens (tertiary/aromatic N) is 1. The molecule has 0 spiro atoms. The molecule has 1 fully saturated rings. The van der Waals surface area contributed by atoms with Crippen LogP contribution in [0, 0.1) is 5.41 Å². The largest absolute Gasteiger partial charge is 0.355 e. The normalized spacial score (nSPS) is 20.1. The number of aromatic nitrogens is 1. The third-order valence-corrected chi connectivity index (χ3v) is 5.38. The van der Waals surface area contributed by atoms with Crippen LogP contribution in [0.1, 0.15) is 56.4 Å². The van der Waals surface area contributed by atoms with E-state index in [1.807, 2.05) is 11.6 Å². The average Bonchev–Trinajstić information content (AvgIpc) is 2.89. The Balaban J connectivity index is 1.92. The fraction of sp³-hybridized carbons (Fsp3) is 0.733. The summed E-state index contributed by atoms with van der Waals surface area (Å²) >= 11 is 1.64. The van der Waals surface area contributed by atoms with Crippen molar-refractivity contribution in [2.75, 3.05) is 13.1 Å². The van der Waals surface area contributed by atoms with Crippen LogP contribution in [-0.2, 0) is 4.79 Å². The second-order valence-electron chi connectivity index (χ2n) is 5.88. The highest BCUT2D eigenvalue weighted by Crippen LogP contribution is 2.34. The minimum atomic E-state index is -0.334. The minimum Gasteiger partial charge on any atom is -0.355 e. The number of hydrogen-bond acceptors (Lipinski definition) is 4. The second-order valence-corrected chi connectivity index (χ2v) is 6.81. The van der Waals surface area contributed by atoms with Crippen molar-refractivity contribution >= 4 is 17.2 Å². The number of nitrogens with one attached hydrogen (secondary N) is 1. The van der Waals surface area contributed by atoms with Crippen LogP contribution in [0.4, 0.5) is 0 Å². The molecule has 0 aromatic carbocycles. The molecule has 1 aliphatic rings. The molecule has 0 aliphatic heterocycles. The van der Waals surface area contributed by atoms with Crippen molar-refractivity contribution in [1.29, 1.82) is 0 Å². The van der Waals surface area contributed by atoms with Gasteiger partial charge in [-0.15, -0.1) is 11.3 Å². The molecule has 112 valence electrons. The zero-order valence-corrected chi connectivity index (χ0v) is 13.0. The van der Waals surface area contributed by atoms with Crippen LogP contribution in [0.3, 0.4) is 0 Å². The topological polar surface area (TPSA) is 68.0 Å². The summed E-state index contributed by atoms with van der Waals surface area (Å²) in [6, 6.07) is 0. The summed E-state index contributed by atoms with van der Waals surface area (Å²) in [6.07, 6.45) is 8.36. The molecule has 1 aliphatic carbocycles. The molecule has 1 heterocycles. The first-order valence-corrected chi connectivity index (χ1v) is 8.44. The standard InChI is InChI=1S/C15H25N3OS/c1-12(13-17-8-9-20-13)10-18-14(19)15(11-16)6-4-2-3-5-7-15/h8-9,12H,2-7,10-11,16H2,1H3,(H,18,19).